The summed E-state index contributed by atoms with van der Waals surface area (Å²) in [5.41, 5.74) is 2.01. The fourth-order valence-corrected chi connectivity index (χ4v) is 2.89. The lowest BCUT2D eigenvalue weighted by Gasteiger charge is -2.14. The lowest BCUT2D eigenvalue weighted by atomic mass is 10.1. The van der Waals surface area contributed by atoms with Gasteiger partial charge in [-0.15, -0.1) is 0 Å². The molecule has 0 spiro atoms. The predicted octanol–water partition coefficient (Wildman–Crippen LogP) is 3.08. The molecular weight excluding hydrogens is 344 g/mol. The minimum atomic E-state index is -0.0726. The van der Waals surface area contributed by atoms with Crippen molar-refractivity contribution in [1.82, 2.24) is 10.6 Å². The van der Waals surface area contributed by atoms with Gasteiger partial charge in [0.05, 0.1) is 6.04 Å². The van der Waals surface area contributed by atoms with Crippen molar-refractivity contribution in [3.8, 4) is 11.5 Å². The molecular formula is C21H24N2O4. The first kappa shape index (κ1) is 18.8. The Morgan fingerprint density at radius 3 is 2.56 bits per heavy atom. The van der Waals surface area contributed by atoms with Crippen molar-refractivity contribution in [2.45, 2.75) is 38.8 Å². The van der Waals surface area contributed by atoms with E-state index in [9.17, 15) is 9.59 Å². The largest absolute Gasteiger partial charge is 0.454 e. The highest BCUT2D eigenvalue weighted by molar-refractivity contribution is 5.79. The molecule has 6 heteroatoms. The Morgan fingerprint density at radius 1 is 1.00 bits per heavy atom. The molecule has 2 N–H and O–H groups in total. The van der Waals surface area contributed by atoms with Crippen LogP contribution >= 0.6 is 0 Å². The van der Waals surface area contributed by atoms with Crippen molar-refractivity contribution in [3.63, 3.8) is 0 Å². The van der Waals surface area contributed by atoms with E-state index in [2.05, 4.69) is 10.6 Å². The van der Waals surface area contributed by atoms with Crippen LogP contribution in [-0.4, -0.2) is 18.6 Å². The summed E-state index contributed by atoms with van der Waals surface area (Å²) in [7, 11) is 0. The van der Waals surface area contributed by atoms with E-state index < -0.39 is 0 Å². The molecule has 0 fully saturated rings. The summed E-state index contributed by atoms with van der Waals surface area (Å²) in [6.07, 6.45) is 1.16. The number of hydrogen-bond acceptors (Lipinski definition) is 4. The van der Waals surface area contributed by atoms with Gasteiger partial charge in [-0.2, -0.15) is 0 Å². The summed E-state index contributed by atoms with van der Waals surface area (Å²) in [4.78, 5) is 24.0. The monoisotopic (exact) mass is 368 g/mol. The summed E-state index contributed by atoms with van der Waals surface area (Å²) in [6, 6.07) is 15.3. The van der Waals surface area contributed by atoms with Crippen LogP contribution in [0.5, 0.6) is 11.5 Å². The molecule has 1 aliphatic rings. The van der Waals surface area contributed by atoms with Crippen molar-refractivity contribution in [3.05, 3.63) is 59.7 Å². The fraction of sp³-hybridized carbons (Fsp3) is 0.333. The highest BCUT2D eigenvalue weighted by Gasteiger charge is 2.14. The fourth-order valence-electron chi connectivity index (χ4n) is 2.89. The molecule has 2 aromatic rings. The molecule has 0 saturated heterocycles. The molecule has 1 atom stereocenters. The first-order valence-electron chi connectivity index (χ1n) is 9.11. The van der Waals surface area contributed by atoms with Crippen LogP contribution in [0.25, 0.3) is 0 Å². The summed E-state index contributed by atoms with van der Waals surface area (Å²) >= 11 is 0. The van der Waals surface area contributed by atoms with Gasteiger partial charge < -0.3 is 20.1 Å². The number of nitrogens with one attached hydrogen (secondary N) is 2. The van der Waals surface area contributed by atoms with Crippen molar-refractivity contribution >= 4 is 11.8 Å². The Labute approximate surface area is 158 Å². The number of carbonyl (C=O) groups is 2. The maximum Gasteiger partial charge on any atom is 0.231 e. The molecule has 1 aliphatic heterocycles. The molecule has 27 heavy (non-hydrogen) atoms. The van der Waals surface area contributed by atoms with Gasteiger partial charge in [-0.05, 0) is 36.6 Å². The molecule has 0 radical (unpaired) electrons. The molecule has 3 rings (SSSR count). The van der Waals surface area contributed by atoms with Crippen LogP contribution in [0.1, 0.15) is 43.4 Å². The first-order chi connectivity index (χ1) is 13.1. The average molecular weight is 368 g/mol. The van der Waals surface area contributed by atoms with Gasteiger partial charge in [0.25, 0.3) is 0 Å². The highest BCUT2D eigenvalue weighted by atomic mass is 16.7. The van der Waals surface area contributed by atoms with Crippen LogP contribution < -0.4 is 20.1 Å². The molecule has 6 nitrogen and oxygen atoms in total. The zero-order valence-electron chi connectivity index (χ0n) is 15.4. The van der Waals surface area contributed by atoms with Gasteiger partial charge >= 0.3 is 0 Å². The number of ether oxygens (including phenoxy) is 2. The number of carbonyl (C=O) groups excluding carboxylic acids is 2. The highest BCUT2D eigenvalue weighted by Crippen LogP contribution is 2.32. The van der Waals surface area contributed by atoms with Gasteiger partial charge in [-0.1, -0.05) is 36.4 Å². The molecule has 2 amide bonds. The molecule has 0 bridgehead atoms. The van der Waals surface area contributed by atoms with Crippen LogP contribution in [-0.2, 0) is 16.1 Å². The third-order valence-electron chi connectivity index (χ3n) is 4.41. The van der Waals surface area contributed by atoms with Crippen LogP contribution in [0, 0.1) is 0 Å². The van der Waals surface area contributed by atoms with E-state index in [-0.39, 0.29) is 24.6 Å². The Balaban J connectivity index is 1.34. The number of benzene rings is 2. The zero-order chi connectivity index (χ0) is 19.1. The molecule has 0 aliphatic carbocycles. The Morgan fingerprint density at radius 2 is 1.74 bits per heavy atom. The summed E-state index contributed by atoms with van der Waals surface area (Å²) in [6.45, 7) is 2.61. The van der Waals surface area contributed by atoms with Crippen molar-refractivity contribution < 1.29 is 19.1 Å². The third-order valence-corrected chi connectivity index (χ3v) is 4.41. The average Bonchev–Trinajstić information content (AvgIpc) is 3.15. The van der Waals surface area contributed by atoms with Crippen molar-refractivity contribution in [2.75, 3.05) is 6.79 Å². The third kappa shape index (κ3) is 5.48. The summed E-state index contributed by atoms with van der Waals surface area (Å²) < 4.78 is 10.6. The topological polar surface area (TPSA) is 76.7 Å². The summed E-state index contributed by atoms with van der Waals surface area (Å²) in [5.74, 6) is 1.30. The van der Waals surface area contributed by atoms with E-state index in [0.29, 0.717) is 31.6 Å². The smallest absolute Gasteiger partial charge is 0.231 e. The van der Waals surface area contributed by atoms with Crippen LogP contribution in [0.3, 0.4) is 0 Å². The van der Waals surface area contributed by atoms with E-state index in [0.717, 1.165) is 16.9 Å². The molecule has 1 heterocycles. The maximum atomic E-state index is 12.0. The van der Waals surface area contributed by atoms with Crippen LogP contribution in [0.2, 0.25) is 0 Å². The zero-order valence-corrected chi connectivity index (χ0v) is 15.4. The quantitative estimate of drug-likeness (QED) is 0.751. The number of rotatable bonds is 8. The number of fused-ring (bicyclic) bond motifs is 1. The van der Waals surface area contributed by atoms with Crippen molar-refractivity contribution in [1.29, 1.82) is 0 Å². The van der Waals surface area contributed by atoms with Crippen molar-refractivity contribution in [2.24, 2.45) is 0 Å². The second kappa shape index (κ2) is 9.07. The van der Waals surface area contributed by atoms with Gasteiger partial charge in [0.2, 0.25) is 18.6 Å². The lowest BCUT2D eigenvalue weighted by molar-refractivity contribution is -0.122. The van der Waals surface area contributed by atoms with Crippen LogP contribution in [0.4, 0.5) is 0 Å². The first-order valence-corrected chi connectivity index (χ1v) is 9.11. The second-order valence-electron chi connectivity index (χ2n) is 6.52. The van der Waals surface area contributed by atoms with Gasteiger partial charge in [0.1, 0.15) is 0 Å². The van der Waals surface area contributed by atoms with E-state index in [1.807, 2.05) is 55.5 Å². The van der Waals surface area contributed by atoms with E-state index in [4.69, 9.17) is 9.47 Å². The maximum absolute atomic E-state index is 12.0. The standard InChI is InChI=1S/C21H24N2O4/c1-15(17-6-3-2-4-7-17)23-21(25)9-5-8-20(24)22-13-16-10-11-18-19(12-16)27-14-26-18/h2-4,6-7,10-12,15H,5,8-9,13-14H2,1H3,(H,22,24)(H,23,25)/t15-/m0/s1. The predicted molar refractivity (Wildman–Crippen MR) is 101 cm³/mol. The Hall–Kier alpha value is -3.02. The molecule has 2 aromatic carbocycles. The second-order valence-corrected chi connectivity index (χ2v) is 6.52. The minimum absolute atomic E-state index is 0.0430. The lowest BCUT2D eigenvalue weighted by Crippen LogP contribution is -2.27. The van der Waals surface area contributed by atoms with Gasteiger partial charge in [0.15, 0.2) is 11.5 Å². The minimum Gasteiger partial charge on any atom is -0.454 e. The molecule has 0 unspecified atom stereocenters. The van der Waals surface area contributed by atoms with Gasteiger partial charge in [0, 0.05) is 19.4 Å². The Kier molecular flexibility index (Phi) is 6.30. The number of amides is 2. The SMILES string of the molecule is C[C@H](NC(=O)CCCC(=O)NCc1ccc2c(c1)OCO2)c1ccccc1. The normalized spacial score (nSPS) is 13.1. The van der Waals surface area contributed by atoms with Gasteiger partial charge in [-0.3, -0.25) is 9.59 Å². The van der Waals surface area contributed by atoms with Gasteiger partial charge in [-0.25, -0.2) is 0 Å². The van der Waals surface area contributed by atoms with Crippen LogP contribution in [0.15, 0.2) is 48.5 Å². The molecule has 142 valence electrons. The van der Waals surface area contributed by atoms with E-state index in [1.165, 1.54) is 0 Å². The van der Waals surface area contributed by atoms with E-state index in [1.54, 1.807) is 0 Å². The molecule has 0 saturated carbocycles. The molecule has 0 aromatic heterocycles. The Bertz CT molecular complexity index is 792. The summed E-state index contributed by atoms with van der Waals surface area (Å²) in [5, 5.41) is 5.82. The number of hydrogen-bond donors (Lipinski definition) is 2. The van der Waals surface area contributed by atoms with E-state index >= 15 is 0 Å².